The zero-order chi connectivity index (χ0) is 19.9. The van der Waals surface area contributed by atoms with Crippen LogP contribution in [0, 0.1) is 13.8 Å². The fourth-order valence-electron chi connectivity index (χ4n) is 2.58. The number of hydrogen-bond donors (Lipinski definition) is 2. The van der Waals surface area contributed by atoms with Crippen molar-refractivity contribution >= 4 is 11.8 Å². The highest BCUT2D eigenvalue weighted by atomic mass is 16.5. The molecule has 2 aromatic heterocycles. The fraction of sp³-hybridized carbons (Fsp3) is 0.238. The number of carbonyl (C=O) groups excluding carboxylic acids is 2. The van der Waals surface area contributed by atoms with E-state index in [1.165, 1.54) is 5.56 Å². The number of pyridine rings is 1. The lowest BCUT2D eigenvalue weighted by molar-refractivity contribution is -0.121. The summed E-state index contributed by atoms with van der Waals surface area (Å²) in [4.78, 5) is 28.1. The van der Waals surface area contributed by atoms with Gasteiger partial charge in [0.15, 0.2) is 11.5 Å². The van der Waals surface area contributed by atoms with E-state index >= 15 is 0 Å². The summed E-state index contributed by atoms with van der Waals surface area (Å²) in [7, 11) is 0. The normalized spacial score (nSPS) is 10.5. The van der Waals surface area contributed by atoms with Crippen molar-refractivity contribution in [3.63, 3.8) is 0 Å². The highest BCUT2D eigenvalue weighted by Crippen LogP contribution is 2.22. The molecule has 0 unspecified atom stereocenters. The van der Waals surface area contributed by atoms with E-state index in [2.05, 4.69) is 20.8 Å². The fourth-order valence-corrected chi connectivity index (χ4v) is 2.58. The Kier molecular flexibility index (Phi) is 6.16. The molecule has 3 aromatic rings. The van der Waals surface area contributed by atoms with Gasteiger partial charge < -0.3 is 15.2 Å². The van der Waals surface area contributed by atoms with Gasteiger partial charge in [0, 0.05) is 43.5 Å². The molecular weight excluding hydrogens is 356 g/mol. The quantitative estimate of drug-likeness (QED) is 0.659. The molecule has 0 aliphatic rings. The predicted molar refractivity (Wildman–Crippen MR) is 104 cm³/mol. The number of nitrogens with zero attached hydrogens (tertiary/aromatic N) is 2. The first-order valence-electron chi connectivity index (χ1n) is 9.01. The van der Waals surface area contributed by atoms with Crippen LogP contribution in [0.2, 0.25) is 0 Å². The maximum atomic E-state index is 12.2. The van der Waals surface area contributed by atoms with E-state index in [0.29, 0.717) is 12.3 Å². The summed E-state index contributed by atoms with van der Waals surface area (Å²) < 4.78 is 5.29. The topological polar surface area (TPSA) is 97.1 Å². The molecule has 28 heavy (non-hydrogen) atoms. The van der Waals surface area contributed by atoms with Gasteiger partial charge in [-0.15, -0.1) is 0 Å². The molecule has 1 aromatic carbocycles. The molecule has 7 heteroatoms. The third kappa shape index (κ3) is 5.03. The minimum Gasteiger partial charge on any atom is -0.355 e. The van der Waals surface area contributed by atoms with Crippen molar-refractivity contribution in [2.75, 3.05) is 6.54 Å². The van der Waals surface area contributed by atoms with Gasteiger partial charge in [-0.3, -0.25) is 14.6 Å². The van der Waals surface area contributed by atoms with Crippen molar-refractivity contribution in [1.29, 1.82) is 0 Å². The second kappa shape index (κ2) is 8.94. The summed E-state index contributed by atoms with van der Waals surface area (Å²) in [6.45, 7) is 4.67. The minimum atomic E-state index is -0.376. The van der Waals surface area contributed by atoms with Crippen LogP contribution in [0.15, 0.2) is 53.3 Å². The number of hydrogen-bond acceptors (Lipinski definition) is 5. The first-order chi connectivity index (χ1) is 13.5. The number of aromatic nitrogens is 2. The molecule has 2 amide bonds. The molecule has 2 N–H and O–H groups in total. The summed E-state index contributed by atoms with van der Waals surface area (Å²) in [5.41, 5.74) is 4.29. The summed E-state index contributed by atoms with van der Waals surface area (Å²) in [6, 6.07) is 11.2. The molecule has 0 fully saturated rings. The summed E-state index contributed by atoms with van der Waals surface area (Å²) in [6.07, 6.45) is 3.55. The molecule has 0 atom stereocenters. The van der Waals surface area contributed by atoms with Gasteiger partial charge in [-0.25, -0.2) is 0 Å². The number of carbonyl (C=O) groups is 2. The minimum absolute atomic E-state index is 0.153. The summed E-state index contributed by atoms with van der Waals surface area (Å²) >= 11 is 0. The number of amides is 2. The van der Waals surface area contributed by atoms with E-state index in [-0.39, 0.29) is 30.5 Å². The van der Waals surface area contributed by atoms with Crippen LogP contribution in [0.4, 0.5) is 0 Å². The Morgan fingerprint density at radius 1 is 1.07 bits per heavy atom. The van der Waals surface area contributed by atoms with Crippen molar-refractivity contribution in [2.24, 2.45) is 0 Å². The first-order valence-corrected chi connectivity index (χ1v) is 9.01. The van der Waals surface area contributed by atoms with E-state index < -0.39 is 0 Å². The average Bonchev–Trinajstić information content (AvgIpc) is 3.19. The monoisotopic (exact) mass is 378 g/mol. The highest BCUT2D eigenvalue weighted by molar-refractivity contribution is 5.93. The third-order valence-corrected chi connectivity index (χ3v) is 4.38. The van der Waals surface area contributed by atoms with Crippen LogP contribution in [0.5, 0.6) is 0 Å². The first kappa shape index (κ1) is 19.3. The van der Waals surface area contributed by atoms with Gasteiger partial charge in [-0.2, -0.15) is 0 Å². The second-order valence-corrected chi connectivity index (χ2v) is 6.52. The van der Waals surface area contributed by atoms with Gasteiger partial charge in [0.1, 0.15) is 0 Å². The zero-order valence-electron chi connectivity index (χ0n) is 15.9. The van der Waals surface area contributed by atoms with Crippen molar-refractivity contribution in [3.8, 4) is 11.3 Å². The Morgan fingerprint density at radius 3 is 2.68 bits per heavy atom. The maximum absolute atomic E-state index is 12.2. The largest absolute Gasteiger partial charge is 0.355 e. The Labute approximate surface area is 163 Å². The van der Waals surface area contributed by atoms with Crippen LogP contribution in [0.1, 0.15) is 33.6 Å². The molecule has 0 aliphatic carbocycles. The maximum Gasteiger partial charge on any atom is 0.273 e. The molecule has 2 heterocycles. The Balaban J connectivity index is 1.47. The molecule has 144 valence electrons. The molecule has 7 nitrogen and oxygen atoms in total. The third-order valence-electron chi connectivity index (χ3n) is 4.38. The molecule has 0 saturated heterocycles. The van der Waals surface area contributed by atoms with Crippen LogP contribution in [0.25, 0.3) is 11.3 Å². The highest BCUT2D eigenvalue weighted by Gasteiger charge is 2.14. The second-order valence-electron chi connectivity index (χ2n) is 6.52. The molecule has 0 radical (unpaired) electrons. The number of nitrogens with one attached hydrogen (secondary N) is 2. The predicted octanol–water partition coefficient (Wildman–Crippen LogP) is 2.79. The van der Waals surface area contributed by atoms with E-state index in [0.717, 1.165) is 16.7 Å². The van der Waals surface area contributed by atoms with Gasteiger partial charge in [-0.05, 0) is 42.7 Å². The van der Waals surface area contributed by atoms with E-state index in [4.69, 9.17) is 4.52 Å². The Morgan fingerprint density at radius 2 is 1.93 bits per heavy atom. The molecule has 0 aliphatic heterocycles. The van der Waals surface area contributed by atoms with Crippen molar-refractivity contribution in [2.45, 2.75) is 26.8 Å². The lowest BCUT2D eigenvalue weighted by Crippen LogP contribution is -2.30. The zero-order valence-corrected chi connectivity index (χ0v) is 15.9. The molecule has 0 bridgehead atoms. The summed E-state index contributed by atoms with van der Waals surface area (Å²) in [5.74, 6) is 0.00137. The van der Waals surface area contributed by atoms with Crippen LogP contribution in [-0.2, 0) is 11.3 Å². The van der Waals surface area contributed by atoms with Crippen molar-refractivity contribution < 1.29 is 14.1 Å². The molecule has 3 rings (SSSR count). The molecule has 0 saturated carbocycles. The SMILES string of the molecule is Cc1ccc(-c2cc(C(=O)NCCC(=O)NCc3cccnc3)no2)cc1C. The lowest BCUT2D eigenvalue weighted by Gasteiger charge is -2.05. The lowest BCUT2D eigenvalue weighted by atomic mass is 10.0. The van der Waals surface area contributed by atoms with E-state index in [9.17, 15) is 9.59 Å². The van der Waals surface area contributed by atoms with E-state index in [1.54, 1.807) is 18.5 Å². The number of benzene rings is 1. The van der Waals surface area contributed by atoms with Crippen molar-refractivity contribution in [1.82, 2.24) is 20.8 Å². The van der Waals surface area contributed by atoms with Crippen molar-refractivity contribution in [3.05, 3.63) is 71.2 Å². The van der Waals surface area contributed by atoms with Gasteiger partial charge in [-0.1, -0.05) is 23.4 Å². The number of rotatable bonds is 7. The van der Waals surface area contributed by atoms with Crippen LogP contribution >= 0.6 is 0 Å². The molecule has 0 spiro atoms. The molecular formula is C21H22N4O3. The van der Waals surface area contributed by atoms with Gasteiger partial charge in [0.2, 0.25) is 5.91 Å². The average molecular weight is 378 g/mol. The van der Waals surface area contributed by atoms with Gasteiger partial charge >= 0.3 is 0 Å². The standard InChI is InChI=1S/C21H22N4O3/c1-14-5-6-17(10-15(14)2)19-11-18(25-28-19)21(27)23-9-7-20(26)24-13-16-4-3-8-22-12-16/h3-6,8,10-12H,7,9,13H2,1-2H3,(H,23,27)(H,24,26). The Bertz CT molecular complexity index is 967. The smallest absolute Gasteiger partial charge is 0.273 e. The number of aryl methyl sites for hydroxylation is 2. The van der Waals surface area contributed by atoms with Crippen LogP contribution < -0.4 is 10.6 Å². The van der Waals surface area contributed by atoms with Crippen LogP contribution in [0.3, 0.4) is 0 Å². The van der Waals surface area contributed by atoms with Crippen LogP contribution in [-0.4, -0.2) is 28.5 Å². The Hall–Kier alpha value is -3.48. The van der Waals surface area contributed by atoms with E-state index in [1.807, 2.05) is 44.2 Å². The van der Waals surface area contributed by atoms with Gasteiger partial charge in [0.25, 0.3) is 5.91 Å². The summed E-state index contributed by atoms with van der Waals surface area (Å²) in [5, 5.41) is 9.29. The van der Waals surface area contributed by atoms with Gasteiger partial charge in [0.05, 0.1) is 0 Å².